The molecule has 3 N–H and O–H groups in total. The van der Waals surface area contributed by atoms with E-state index in [1.54, 1.807) is 0 Å². The average Bonchev–Trinajstić information content (AvgIpc) is 2.67. The molecule has 2 aliphatic rings. The van der Waals surface area contributed by atoms with Crippen molar-refractivity contribution in [3.8, 4) is 0 Å². The zero-order valence-electron chi connectivity index (χ0n) is 18.0. The van der Waals surface area contributed by atoms with Gasteiger partial charge in [-0.3, -0.25) is 19.0 Å². The molecule has 0 radical (unpaired) electrons. The highest BCUT2D eigenvalue weighted by atomic mass is 32.2. The Morgan fingerprint density at radius 2 is 2.19 bits per heavy atom. The lowest BCUT2D eigenvalue weighted by Gasteiger charge is -2.34. The van der Waals surface area contributed by atoms with Crippen LogP contribution in [0, 0.1) is 17.7 Å². The summed E-state index contributed by atoms with van der Waals surface area (Å²) in [6, 6.07) is 3.82. The first-order valence-corrected chi connectivity index (χ1v) is 11.7. The van der Waals surface area contributed by atoms with Gasteiger partial charge in [-0.2, -0.15) is 0 Å². The highest BCUT2D eigenvalue weighted by Crippen LogP contribution is 2.36. The molecular formula is C22H27F2N4O3S-. The van der Waals surface area contributed by atoms with E-state index in [0.717, 1.165) is 31.5 Å². The molecule has 174 valence electrons. The molecule has 1 aliphatic carbocycles. The smallest absolute Gasteiger partial charge is 0.273 e. The van der Waals surface area contributed by atoms with Gasteiger partial charge in [-0.25, -0.2) is 8.78 Å². The van der Waals surface area contributed by atoms with Crippen molar-refractivity contribution >= 4 is 34.7 Å². The molecule has 4 atom stereocenters. The molecule has 0 saturated heterocycles. The molecule has 3 unspecified atom stereocenters. The number of hydrogen-bond acceptors (Lipinski definition) is 5. The van der Waals surface area contributed by atoms with Crippen LogP contribution < -0.4 is 11.1 Å². The van der Waals surface area contributed by atoms with Crippen LogP contribution in [0.1, 0.15) is 45.1 Å². The van der Waals surface area contributed by atoms with Crippen molar-refractivity contribution in [1.29, 1.82) is 0 Å². The molecule has 1 aromatic carbocycles. The maximum Gasteiger partial charge on any atom is 0.273 e. The number of aliphatic imine (C=N–C) groups is 2. The summed E-state index contributed by atoms with van der Waals surface area (Å²) in [5.74, 6) is -1.12. The van der Waals surface area contributed by atoms with Crippen LogP contribution >= 0.6 is 0 Å². The SMILES string of the molecule is CC(C(N)=N[C@@](C)(CS(=O)[O-])c1cc(NC(=O)C2=CCC(F)C=N2)ccc1F)C1CCC1. The van der Waals surface area contributed by atoms with Gasteiger partial charge < -0.3 is 15.6 Å². The predicted octanol–water partition coefficient (Wildman–Crippen LogP) is 3.35. The number of anilines is 1. The van der Waals surface area contributed by atoms with E-state index in [2.05, 4.69) is 15.3 Å². The van der Waals surface area contributed by atoms with Gasteiger partial charge >= 0.3 is 0 Å². The van der Waals surface area contributed by atoms with Crippen molar-refractivity contribution in [2.24, 2.45) is 27.6 Å². The van der Waals surface area contributed by atoms with Crippen LogP contribution in [0.4, 0.5) is 14.5 Å². The van der Waals surface area contributed by atoms with Crippen molar-refractivity contribution in [1.82, 2.24) is 0 Å². The summed E-state index contributed by atoms with van der Waals surface area (Å²) in [5.41, 5.74) is 4.99. The molecule has 0 spiro atoms. The molecule has 1 fully saturated rings. The topological polar surface area (TPSA) is 120 Å². The molecule has 0 aromatic heterocycles. The Balaban J connectivity index is 1.90. The third-order valence-electron chi connectivity index (χ3n) is 6.05. The minimum Gasteiger partial charge on any atom is -0.772 e. The van der Waals surface area contributed by atoms with Gasteiger partial charge in [0.05, 0.1) is 11.4 Å². The minimum absolute atomic E-state index is 0.00629. The van der Waals surface area contributed by atoms with Gasteiger partial charge in [0, 0.05) is 35.6 Å². The highest BCUT2D eigenvalue weighted by Gasteiger charge is 2.33. The third kappa shape index (κ3) is 5.66. The summed E-state index contributed by atoms with van der Waals surface area (Å²) in [5, 5.41) is 2.59. The van der Waals surface area contributed by atoms with Gasteiger partial charge in [-0.05, 0) is 50.0 Å². The largest absolute Gasteiger partial charge is 0.772 e. The maximum absolute atomic E-state index is 14.8. The van der Waals surface area contributed by atoms with Gasteiger partial charge in [-0.15, -0.1) is 0 Å². The van der Waals surface area contributed by atoms with Crippen molar-refractivity contribution < 1.29 is 22.3 Å². The van der Waals surface area contributed by atoms with E-state index >= 15 is 0 Å². The standard InChI is InChI=1S/C22H28F2N4O3S/c1-13(14-4-3-5-14)20(25)28-22(2,12-32(30)31)17-10-16(7-8-18(17)24)27-21(29)19-9-6-15(23)11-26-19/h7-11,13-15H,3-6,12H2,1-2H3,(H2,25,28)(H,27,29)(H,30,31)/p-1/t13?,15?,22-/m0/s1. The Labute approximate surface area is 188 Å². The number of nitrogens with one attached hydrogen (secondary N) is 1. The fourth-order valence-electron chi connectivity index (χ4n) is 3.83. The summed E-state index contributed by atoms with van der Waals surface area (Å²) in [6.07, 6.45) is 4.41. The van der Waals surface area contributed by atoms with Gasteiger partial charge in [0.15, 0.2) is 0 Å². The minimum atomic E-state index is -2.53. The maximum atomic E-state index is 14.8. The first-order valence-electron chi connectivity index (χ1n) is 10.5. The number of halogens is 2. The number of alkyl halides is 1. The van der Waals surface area contributed by atoms with Crippen LogP contribution in [0.3, 0.4) is 0 Å². The fourth-order valence-corrected chi connectivity index (χ4v) is 4.51. The molecule has 0 bridgehead atoms. The van der Waals surface area contributed by atoms with E-state index in [1.807, 2.05) is 6.92 Å². The van der Waals surface area contributed by atoms with Crippen LogP contribution in [0.5, 0.6) is 0 Å². The average molecular weight is 466 g/mol. The number of carbonyl (C=O) groups excluding carboxylic acids is 1. The number of rotatable bonds is 8. The second-order valence-corrected chi connectivity index (χ2v) is 9.40. The second-order valence-electron chi connectivity index (χ2n) is 8.51. The van der Waals surface area contributed by atoms with Gasteiger partial charge in [-0.1, -0.05) is 24.4 Å². The third-order valence-corrected chi connectivity index (χ3v) is 6.84. The zero-order chi connectivity index (χ0) is 23.5. The Morgan fingerprint density at radius 3 is 2.75 bits per heavy atom. The number of amidine groups is 1. The number of amides is 1. The Kier molecular flexibility index (Phi) is 7.55. The molecule has 10 heteroatoms. The van der Waals surface area contributed by atoms with Crippen molar-refractivity contribution in [2.75, 3.05) is 11.1 Å². The summed E-state index contributed by atoms with van der Waals surface area (Å²) in [7, 11) is 0. The normalized spacial score (nSPS) is 23.0. The van der Waals surface area contributed by atoms with Crippen LogP contribution in [0.25, 0.3) is 0 Å². The van der Waals surface area contributed by atoms with E-state index in [-0.39, 0.29) is 35.1 Å². The molecule has 1 amide bonds. The Morgan fingerprint density at radius 1 is 1.47 bits per heavy atom. The molecule has 3 rings (SSSR count). The van der Waals surface area contributed by atoms with Crippen LogP contribution in [-0.2, 0) is 21.4 Å². The summed E-state index contributed by atoms with van der Waals surface area (Å²) in [4.78, 5) is 20.7. The predicted molar refractivity (Wildman–Crippen MR) is 120 cm³/mol. The van der Waals surface area contributed by atoms with E-state index < -0.39 is 40.3 Å². The van der Waals surface area contributed by atoms with E-state index in [1.165, 1.54) is 25.1 Å². The molecule has 32 heavy (non-hydrogen) atoms. The number of nitrogens with two attached hydrogens (primary N) is 1. The first kappa shape index (κ1) is 24.2. The molecule has 1 aromatic rings. The molecule has 1 aliphatic heterocycles. The number of benzene rings is 1. The Hall–Kier alpha value is -2.46. The van der Waals surface area contributed by atoms with E-state index in [0.29, 0.717) is 5.92 Å². The molecular weight excluding hydrogens is 438 g/mol. The fraction of sp³-hybridized carbons (Fsp3) is 0.500. The van der Waals surface area contributed by atoms with E-state index in [9.17, 15) is 22.3 Å². The zero-order valence-corrected chi connectivity index (χ0v) is 18.8. The second kappa shape index (κ2) is 9.99. The lowest BCUT2D eigenvalue weighted by molar-refractivity contribution is -0.112. The lowest BCUT2D eigenvalue weighted by Crippen LogP contribution is -2.37. The van der Waals surface area contributed by atoms with Crippen LogP contribution in [0.2, 0.25) is 0 Å². The van der Waals surface area contributed by atoms with Crippen LogP contribution in [-0.4, -0.2) is 38.6 Å². The van der Waals surface area contributed by atoms with Crippen molar-refractivity contribution in [3.63, 3.8) is 0 Å². The number of nitrogens with zero attached hydrogens (tertiary/aromatic N) is 2. The van der Waals surface area contributed by atoms with Crippen LogP contribution in [0.15, 0.2) is 40.0 Å². The highest BCUT2D eigenvalue weighted by molar-refractivity contribution is 7.79. The lowest BCUT2D eigenvalue weighted by atomic mass is 9.76. The van der Waals surface area contributed by atoms with Gasteiger partial charge in [0.2, 0.25) is 0 Å². The monoisotopic (exact) mass is 465 g/mol. The summed E-state index contributed by atoms with van der Waals surface area (Å²) < 4.78 is 51.2. The molecule has 1 saturated carbocycles. The summed E-state index contributed by atoms with van der Waals surface area (Å²) in [6.45, 7) is 3.44. The number of allylic oxidation sites excluding steroid dienone is 1. The Bertz CT molecular complexity index is 993. The van der Waals surface area contributed by atoms with Gasteiger partial charge in [0.25, 0.3) is 5.91 Å². The number of hydrogen-bond donors (Lipinski definition) is 2. The molecule has 7 nitrogen and oxygen atoms in total. The quantitative estimate of drug-likeness (QED) is 0.347. The van der Waals surface area contributed by atoms with Crippen molar-refractivity contribution in [2.45, 2.75) is 51.2 Å². The first-order chi connectivity index (χ1) is 15.1. The summed E-state index contributed by atoms with van der Waals surface area (Å²) >= 11 is -2.53. The molecule has 1 heterocycles. The number of carbonyl (C=O) groups is 1. The van der Waals surface area contributed by atoms with E-state index in [4.69, 9.17) is 5.73 Å². The van der Waals surface area contributed by atoms with Crippen molar-refractivity contribution in [3.05, 3.63) is 41.4 Å². The van der Waals surface area contributed by atoms with Gasteiger partial charge in [0.1, 0.15) is 17.7 Å².